The van der Waals surface area contributed by atoms with E-state index in [0.717, 1.165) is 6.54 Å². The van der Waals surface area contributed by atoms with Gasteiger partial charge in [-0.1, -0.05) is 18.5 Å². The van der Waals surface area contributed by atoms with Crippen molar-refractivity contribution in [3.05, 3.63) is 22.8 Å². The van der Waals surface area contributed by atoms with Crippen LogP contribution in [0.25, 0.3) is 0 Å². The quantitative estimate of drug-likeness (QED) is 0.724. The van der Waals surface area contributed by atoms with Gasteiger partial charge in [-0.2, -0.15) is 0 Å². The molecule has 0 aliphatic carbocycles. The van der Waals surface area contributed by atoms with E-state index in [1.807, 2.05) is 6.92 Å². The number of nitrogen functional groups attached to an aromatic ring is 1. The maximum atomic E-state index is 10.2. The van der Waals surface area contributed by atoms with Gasteiger partial charge < -0.3 is 16.2 Å². The Morgan fingerprint density at radius 3 is 2.93 bits per heavy atom. The summed E-state index contributed by atoms with van der Waals surface area (Å²) in [6.45, 7) is 4.84. The molecule has 0 bridgehead atoms. The third-order valence-electron chi connectivity index (χ3n) is 2.18. The highest BCUT2D eigenvalue weighted by Crippen LogP contribution is 2.26. The normalized spacial score (nSPS) is 14.9. The number of nitrogens with two attached hydrogens (primary N) is 1. The molecule has 84 valence electrons. The lowest BCUT2D eigenvalue weighted by Crippen LogP contribution is -2.36. The molecule has 1 aromatic rings. The van der Waals surface area contributed by atoms with E-state index in [1.54, 1.807) is 13.0 Å². The summed E-state index contributed by atoms with van der Waals surface area (Å²) in [7, 11) is 0. The summed E-state index contributed by atoms with van der Waals surface area (Å²) < 4.78 is 0. The standard InChI is InChI=1S/C10H16ClN3O/c1-3-13-6-10(2,15)8-4-7(11)5-14-9(8)12/h4-5,13,15H,3,6H2,1-2H3,(H2,12,14). The second-order valence-corrected chi connectivity index (χ2v) is 4.08. The molecular weight excluding hydrogens is 214 g/mol. The van der Waals surface area contributed by atoms with Gasteiger partial charge in [0, 0.05) is 18.3 Å². The van der Waals surface area contributed by atoms with Gasteiger partial charge in [-0.15, -0.1) is 0 Å². The van der Waals surface area contributed by atoms with Crippen LogP contribution in [0.1, 0.15) is 19.4 Å². The lowest BCUT2D eigenvalue weighted by molar-refractivity contribution is 0.0581. The van der Waals surface area contributed by atoms with Crippen molar-refractivity contribution in [3.63, 3.8) is 0 Å². The minimum atomic E-state index is -1.06. The van der Waals surface area contributed by atoms with E-state index in [1.165, 1.54) is 6.20 Å². The lowest BCUT2D eigenvalue weighted by atomic mass is 9.96. The fourth-order valence-electron chi connectivity index (χ4n) is 1.34. The maximum absolute atomic E-state index is 10.2. The SMILES string of the molecule is CCNCC(C)(O)c1cc(Cl)cnc1N. The van der Waals surface area contributed by atoms with Gasteiger partial charge in [0.25, 0.3) is 0 Å². The molecular formula is C10H16ClN3O. The summed E-state index contributed by atoms with van der Waals surface area (Å²) >= 11 is 5.81. The Labute approximate surface area is 94.5 Å². The summed E-state index contributed by atoms with van der Waals surface area (Å²) in [4.78, 5) is 3.91. The average Bonchev–Trinajstić information content (AvgIpc) is 2.18. The first-order valence-corrected chi connectivity index (χ1v) is 5.19. The number of nitrogens with one attached hydrogen (secondary N) is 1. The van der Waals surface area contributed by atoms with Crippen molar-refractivity contribution in [1.82, 2.24) is 10.3 Å². The highest BCUT2D eigenvalue weighted by Gasteiger charge is 2.25. The number of pyridine rings is 1. The van der Waals surface area contributed by atoms with Crippen molar-refractivity contribution in [2.75, 3.05) is 18.8 Å². The van der Waals surface area contributed by atoms with Crippen LogP contribution >= 0.6 is 11.6 Å². The van der Waals surface area contributed by atoms with E-state index in [0.29, 0.717) is 22.9 Å². The molecule has 0 saturated carbocycles. The second kappa shape index (κ2) is 4.79. The van der Waals surface area contributed by atoms with E-state index in [9.17, 15) is 5.11 Å². The van der Waals surface area contributed by atoms with Gasteiger partial charge >= 0.3 is 0 Å². The van der Waals surface area contributed by atoms with Crippen molar-refractivity contribution in [3.8, 4) is 0 Å². The van der Waals surface area contributed by atoms with Crippen LogP contribution in [0.15, 0.2) is 12.3 Å². The number of rotatable bonds is 4. The number of hydrogen-bond donors (Lipinski definition) is 3. The van der Waals surface area contributed by atoms with Gasteiger partial charge in [-0.05, 0) is 19.5 Å². The predicted molar refractivity (Wildman–Crippen MR) is 61.8 cm³/mol. The highest BCUT2D eigenvalue weighted by molar-refractivity contribution is 6.30. The number of hydrogen-bond acceptors (Lipinski definition) is 4. The number of aliphatic hydroxyl groups is 1. The molecule has 15 heavy (non-hydrogen) atoms. The molecule has 4 nitrogen and oxygen atoms in total. The molecule has 4 N–H and O–H groups in total. The topological polar surface area (TPSA) is 71.2 Å². The first-order valence-electron chi connectivity index (χ1n) is 4.82. The van der Waals surface area contributed by atoms with Crippen molar-refractivity contribution in [1.29, 1.82) is 0 Å². The molecule has 0 aromatic carbocycles. The lowest BCUT2D eigenvalue weighted by Gasteiger charge is -2.25. The third-order valence-corrected chi connectivity index (χ3v) is 2.39. The van der Waals surface area contributed by atoms with E-state index < -0.39 is 5.60 Å². The van der Waals surface area contributed by atoms with Crippen LogP contribution in [0.4, 0.5) is 5.82 Å². The molecule has 0 aliphatic rings. The predicted octanol–water partition coefficient (Wildman–Crippen LogP) is 1.13. The summed E-state index contributed by atoms with van der Waals surface area (Å²) in [6, 6.07) is 1.64. The first-order chi connectivity index (χ1) is 6.97. The number of likely N-dealkylation sites (N-methyl/N-ethyl adjacent to an activating group) is 1. The molecule has 0 aliphatic heterocycles. The van der Waals surface area contributed by atoms with Gasteiger partial charge in [0.2, 0.25) is 0 Å². The van der Waals surface area contributed by atoms with Crippen molar-refractivity contribution >= 4 is 17.4 Å². The van der Waals surface area contributed by atoms with E-state index in [2.05, 4.69) is 10.3 Å². The Kier molecular flexibility index (Phi) is 3.90. The summed E-state index contributed by atoms with van der Waals surface area (Å²) in [5.74, 6) is 0.308. The van der Waals surface area contributed by atoms with E-state index in [-0.39, 0.29) is 0 Å². The van der Waals surface area contributed by atoms with Crippen molar-refractivity contribution < 1.29 is 5.11 Å². The van der Waals surface area contributed by atoms with Crippen LogP contribution in [-0.4, -0.2) is 23.2 Å². The Morgan fingerprint density at radius 1 is 1.67 bits per heavy atom. The summed E-state index contributed by atoms with van der Waals surface area (Å²) in [5.41, 5.74) is 5.18. The van der Waals surface area contributed by atoms with Crippen LogP contribution in [0.2, 0.25) is 5.02 Å². The van der Waals surface area contributed by atoms with Crippen LogP contribution in [0.3, 0.4) is 0 Å². The zero-order chi connectivity index (χ0) is 11.5. The van der Waals surface area contributed by atoms with Gasteiger partial charge in [0.05, 0.1) is 5.02 Å². The molecule has 0 saturated heterocycles. The Bertz CT molecular complexity index is 341. The van der Waals surface area contributed by atoms with Crippen LogP contribution < -0.4 is 11.1 Å². The number of aromatic nitrogens is 1. The van der Waals surface area contributed by atoms with Crippen molar-refractivity contribution in [2.45, 2.75) is 19.4 Å². The summed E-state index contributed by atoms with van der Waals surface area (Å²) in [5, 5.41) is 13.7. The Balaban J connectivity index is 2.97. The van der Waals surface area contributed by atoms with Gasteiger partial charge in [0.15, 0.2) is 0 Å². The molecule has 1 unspecified atom stereocenters. The van der Waals surface area contributed by atoms with Crippen LogP contribution in [-0.2, 0) is 5.60 Å². The van der Waals surface area contributed by atoms with Crippen molar-refractivity contribution in [2.24, 2.45) is 0 Å². The Hall–Kier alpha value is -0.840. The maximum Gasteiger partial charge on any atom is 0.129 e. The molecule has 1 aromatic heterocycles. The minimum Gasteiger partial charge on any atom is -0.384 e. The smallest absolute Gasteiger partial charge is 0.129 e. The fourth-order valence-corrected chi connectivity index (χ4v) is 1.50. The monoisotopic (exact) mass is 229 g/mol. The highest BCUT2D eigenvalue weighted by atomic mass is 35.5. The minimum absolute atomic E-state index is 0.308. The molecule has 1 rings (SSSR count). The average molecular weight is 230 g/mol. The molecule has 0 fully saturated rings. The summed E-state index contributed by atoms with van der Waals surface area (Å²) in [6.07, 6.45) is 1.46. The van der Waals surface area contributed by atoms with Crippen LogP contribution in [0.5, 0.6) is 0 Å². The molecule has 0 radical (unpaired) electrons. The van der Waals surface area contributed by atoms with E-state index >= 15 is 0 Å². The molecule has 0 spiro atoms. The number of halogens is 1. The molecule has 1 atom stereocenters. The molecule has 0 amide bonds. The Morgan fingerprint density at radius 2 is 2.33 bits per heavy atom. The third kappa shape index (κ3) is 3.06. The second-order valence-electron chi connectivity index (χ2n) is 3.64. The first kappa shape index (κ1) is 12.2. The largest absolute Gasteiger partial charge is 0.384 e. The van der Waals surface area contributed by atoms with E-state index in [4.69, 9.17) is 17.3 Å². The number of nitrogens with zero attached hydrogens (tertiary/aromatic N) is 1. The molecule has 5 heteroatoms. The zero-order valence-electron chi connectivity index (χ0n) is 8.92. The van der Waals surface area contributed by atoms with Gasteiger partial charge in [-0.3, -0.25) is 0 Å². The van der Waals surface area contributed by atoms with Crippen LogP contribution in [0, 0.1) is 0 Å². The number of anilines is 1. The van der Waals surface area contributed by atoms with Gasteiger partial charge in [0.1, 0.15) is 11.4 Å². The fraction of sp³-hybridized carbons (Fsp3) is 0.500. The zero-order valence-corrected chi connectivity index (χ0v) is 9.67. The molecule has 1 heterocycles. The van der Waals surface area contributed by atoms with Gasteiger partial charge in [-0.25, -0.2) is 4.98 Å².